The van der Waals surface area contributed by atoms with Crippen LogP contribution in [-0.2, 0) is 6.42 Å². The number of hydrogen-bond acceptors (Lipinski definition) is 2. The minimum atomic E-state index is -0.118. The van der Waals surface area contributed by atoms with E-state index in [2.05, 4.69) is 12.2 Å². The van der Waals surface area contributed by atoms with Crippen LogP contribution < -0.4 is 15.0 Å². The first-order chi connectivity index (χ1) is 11.1. The van der Waals surface area contributed by atoms with Gasteiger partial charge < -0.3 is 10.1 Å². The molecular weight excluding hydrogens is 288 g/mol. The van der Waals surface area contributed by atoms with Crippen molar-refractivity contribution in [3.8, 4) is 5.75 Å². The molecule has 1 unspecified atom stereocenters. The summed E-state index contributed by atoms with van der Waals surface area (Å²) in [6.07, 6.45) is 0.850. The number of carbonyl (C=O) groups excluding carboxylic acids is 1. The first-order valence-corrected chi connectivity index (χ1v) is 8.02. The van der Waals surface area contributed by atoms with Gasteiger partial charge in [-0.05, 0) is 49.6 Å². The summed E-state index contributed by atoms with van der Waals surface area (Å²) in [6, 6.07) is 13.7. The molecule has 0 saturated carbocycles. The summed E-state index contributed by atoms with van der Waals surface area (Å²) < 4.78 is 5.84. The van der Waals surface area contributed by atoms with Crippen molar-refractivity contribution in [2.24, 2.45) is 0 Å². The number of anilines is 2. The maximum atomic E-state index is 12.8. The first kappa shape index (κ1) is 15.4. The molecule has 1 aliphatic rings. The molecule has 0 spiro atoms. The fraction of sp³-hybridized carbons (Fsp3) is 0.316. The molecule has 4 heteroatoms. The highest BCUT2D eigenvalue weighted by atomic mass is 16.5. The average Bonchev–Trinajstić information content (AvgIpc) is 2.55. The molecule has 2 aromatic carbocycles. The highest BCUT2D eigenvalue weighted by Crippen LogP contribution is 2.34. The predicted molar refractivity (Wildman–Crippen MR) is 93.5 cm³/mol. The van der Waals surface area contributed by atoms with Gasteiger partial charge in [-0.1, -0.05) is 31.2 Å². The monoisotopic (exact) mass is 310 g/mol. The number of hydrogen-bond donors (Lipinski definition) is 1. The zero-order valence-corrected chi connectivity index (χ0v) is 13.8. The summed E-state index contributed by atoms with van der Waals surface area (Å²) >= 11 is 0. The smallest absolute Gasteiger partial charge is 0.326 e. The molecule has 0 bridgehead atoms. The van der Waals surface area contributed by atoms with Crippen LogP contribution >= 0.6 is 0 Å². The quantitative estimate of drug-likeness (QED) is 0.894. The van der Waals surface area contributed by atoms with Crippen LogP contribution in [0.4, 0.5) is 16.2 Å². The number of urea groups is 1. The Morgan fingerprint density at radius 1 is 1.30 bits per heavy atom. The second kappa shape index (κ2) is 6.32. The maximum absolute atomic E-state index is 12.8. The molecule has 120 valence electrons. The fourth-order valence-electron chi connectivity index (χ4n) is 2.87. The topological polar surface area (TPSA) is 41.6 Å². The van der Waals surface area contributed by atoms with Gasteiger partial charge in [-0.15, -0.1) is 0 Å². The van der Waals surface area contributed by atoms with E-state index in [1.807, 2.05) is 56.3 Å². The van der Waals surface area contributed by atoms with E-state index in [-0.39, 0.29) is 12.1 Å². The van der Waals surface area contributed by atoms with E-state index in [1.54, 1.807) is 4.90 Å². The van der Waals surface area contributed by atoms with Gasteiger partial charge in [0, 0.05) is 5.69 Å². The lowest BCUT2D eigenvalue weighted by molar-refractivity contribution is 0.208. The van der Waals surface area contributed by atoms with Crippen LogP contribution in [0.1, 0.15) is 25.0 Å². The van der Waals surface area contributed by atoms with Crippen molar-refractivity contribution in [2.45, 2.75) is 33.3 Å². The molecule has 1 heterocycles. The minimum absolute atomic E-state index is 0.0302. The standard InChI is InChI=1S/C19H22N2O2/c1-4-15-7-5-6-8-16(15)20-19(22)21-12-14(3)23-18-10-9-13(2)11-17(18)21/h5-11,14H,4,12H2,1-3H3,(H,20,22). The lowest BCUT2D eigenvalue weighted by Gasteiger charge is -2.33. The molecule has 1 atom stereocenters. The van der Waals surface area contributed by atoms with E-state index < -0.39 is 0 Å². The van der Waals surface area contributed by atoms with Crippen molar-refractivity contribution < 1.29 is 9.53 Å². The van der Waals surface area contributed by atoms with Gasteiger partial charge >= 0.3 is 6.03 Å². The first-order valence-electron chi connectivity index (χ1n) is 8.02. The Balaban J connectivity index is 1.89. The number of ether oxygens (including phenoxy) is 1. The van der Waals surface area contributed by atoms with Gasteiger partial charge in [-0.25, -0.2) is 4.79 Å². The molecule has 2 aromatic rings. The van der Waals surface area contributed by atoms with Gasteiger partial charge in [0.2, 0.25) is 0 Å². The van der Waals surface area contributed by atoms with Gasteiger partial charge in [-0.2, -0.15) is 0 Å². The molecule has 0 aromatic heterocycles. The number of amides is 2. The summed E-state index contributed by atoms with van der Waals surface area (Å²) in [5.41, 5.74) is 3.93. The zero-order valence-electron chi connectivity index (χ0n) is 13.8. The Labute approximate surface area is 137 Å². The number of nitrogens with one attached hydrogen (secondary N) is 1. The number of aryl methyl sites for hydroxylation is 2. The number of para-hydroxylation sites is 1. The summed E-state index contributed by atoms with van der Waals surface area (Å²) in [7, 11) is 0. The predicted octanol–water partition coefficient (Wildman–Crippen LogP) is 4.38. The highest BCUT2D eigenvalue weighted by molar-refractivity contribution is 6.03. The van der Waals surface area contributed by atoms with Crippen molar-refractivity contribution in [1.82, 2.24) is 0 Å². The van der Waals surface area contributed by atoms with E-state index >= 15 is 0 Å². The Morgan fingerprint density at radius 2 is 2.09 bits per heavy atom. The number of carbonyl (C=O) groups is 1. The summed E-state index contributed by atoms with van der Waals surface area (Å²) in [4.78, 5) is 14.6. The van der Waals surface area contributed by atoms with Gasteiger partial charge in [0.15, 0.2) is 0 Å². The van der Waals surface area contributed by atoms with Crippen LogP contribution in [0.5, 0.6) is 5.75 Å². The largest absolute Gasteiger partial charge is 0.487 e. The van der Waals surface area contributed by atoms with E-state index in [0.29, 0.717) is 6.54 Å². The molecule has 23 heavy (non-hydrogen) atoms. The third-order valence-electron chi connectivity index (χ3n) is 4.06. The van der Waals surface area contributed by atoms with E-state index in [9.17, 15) is 4.79 Å². The lowest BCUT2D eigenvalue weighted by atomic mass is 10.1. The van der Waals surface area contributed by atoms with Crippen LogP contribution in [0, 0.1) is 6.92 Å². The molecule has 0 aliphatic carbocycles. The summed E-state index contributed by atoms with van der Waals surface area (Å²) in [6.45, 7) is 6.61. The Hall–Kier alpha value is -2.49. The van der Waals surface area contributed by atoms with Gasteiger partial charge in [0.1, 0.15) is 11.9 Å². The van der Waals surface area contributed by atoms with Gasteiger partial charge in [0.05, 0.1) is 12.2 Å². The molecule has 4 nitrogen and oxygen atoms in total. The minimum Gasteiger partial charge on any atom is -0.487 e. The van der Waals surface area contributed by atoms with Crippen molar-refractivity contribution in [3.63, 3.8) is 0 Å². The number of fused-ring (bicyclic) bond motifs is 1. The van der Waals surface area contributed by atoms with Gasteiger partial charge in [0.25, 0.3) is 0 Å². The zero-order chi connectivity index (χ0) is 16.4. The van der Waals surface area contributed by atoms with E-state index in [4.69, 9.17) is 4.74 Å². The summed E-state index contributed by atoms with van der Waals surface area (Å²) in [5.74, 6) is 0.758. The van der Waals surface area contributed by atoms with Crippen molar-refractivity contribution >= 4 is 17.4 Å². The fourth-order valence-corrected chi connectivity index (χ4v) is 2.87. The molecule has 3 rings (SSSR count). The Morgan fingerprint density at radius 3 is 2.87 bits per heavy atom. The Kier molecular flexibility index (Phi) is 4.24. The molecule has 0 radical (unpaired) electrons. The van der Waals surface area contributed by atoms with Gasteiger partial charge in [-0.3, -0.25) is 4.90 Å². The normalized spacial score (nSPS) is 16.5. The molecule has 0 saturated heterocycles. The number of nitrogens with zero attached hydrogens (tertiary/aromatic N) is 1. The van der Waals surface area contributed by atoms with Crippen LogP contribution in [0.15, 0.2) is 42.5 Å². The van der Waals surface area contributed by atoms with Crippen LogP contribution in [0.25, 0.3) is 0 Å². The van der Waals surface area contributed by atoms with E-state index in [0.717, 1.165) is 34.7 Å². The Bertz CT molecular complexity index is 727. The average molecular weight is 310 g/mol. The molecule has 1 aliphatic heterocycles. The third kappa shape index (κ3) is 3.16. The number of rotatable bonds is 2. The second-order valence-corrected chi connectivity index (χ2v) is 5.95. The molecular formula is C19H22N2O2. The van der Waals surface area contributed by atoms with Crippen molar-refractivity contribution in [2.75, 3.05) is 16.8 Å². The second-order valence-electron chi connectivity index (χ2n) is 5.95. The maximum Gasteiger partial charge on any atom is 0.326 e. The number of benzene rings is 2. The lowest BCUT2D eigenvalue weighted by Crippen LogP contribution is -2.44. The summed E-state index contributed by atoms with van der Waals surface area (Å²) in [5, 5.41) is 3.04. The molecule has 2 amide bonds. The van der Waals surface area contributed by atoms with Crippen LogP contribution in [-0.4, -0.2) is 18.7 Å². The van der Waals surface area contributed by atoms with Crippen molar-refractivity contribution in [1.29, 1.82) is 0 Å². The van der Waals surface area contributed by atoms with Crippen LogP contribution in [0.2, 0.25) is 0 Å². The SMILES string of the molecule is CCc1ccccc1NC(=O)N1CC(C)Oc2ccc(C)cc21. The van der Waals surface area contributed by atoms with E-state index in [1.165, 1.54) is 0 Å². The van der Waals surface area contributed by atoms with Crippen LogP contribution in [0.3, 0.4) is 0 Å². The molecule has 1 N–H and O–H groups in total. The van der Waals surface area contributed by atoms with Crippen molar-refractivity contribution in [3.05, 3.63) is 53.6 Å². The third-order valence-corrected chi connectivity index (χ3v) is 4.06. The molecule has 0 fully saturated rings. The highest BCUT2D eigenvalue weighted by Gasteiger charge is 2.28.